The van der Waals surface area contributed by atoms with Crippen LogP contribution in [0.2, 0.25) is 0 Å². The minimum Gasteiger partial charge on any atom is -0.466 e. The van der Waals surface area contributed by atoms with E-state index in [4.69, 9.17) is 4.74 Å². The van der Waals surface area contributed by atoms with Crippen molar-refractivity contribution in [1.82, 2.24) is 0 Å². The second-order valence-electron chi connectivity index (χ2n) is 7.74. The summed E-state index contributed by atoms with van der Waals surface area (Å²) in [5, 5.41) is 20.8. The number of carbonyl (C=O) groups is 1. The number of aliphatic hydroxyl groups is 2. The molecule has 4 heteroatoms. The van der Waals surface area contributed by atoms with Gasteiger partial charge < -0.3 is 14.9 Å². The molecule has 2 aliphatic carbocycles. The number of ether oxygens (including phenoxy) is 1. The molecule has 0 saturated heterocycles. The van der Waals surface area contributed by atoms with E-state index in [9.17, 15) is 15.0 Å². The van der Waals surface area contributed by atoms with Crippen LogP contribution < -0.4 is 0 Å². The fourth-order valence-corrected chi connectivity index (χ4v) is 4.28. The summed E-state index contributed by atoms with van der Waals surface area (Å²) in [5.74, 6) is 0.720. The second-order valence-corrected chi connectivity index (χ2v) is 7.74. The molecule has 0 heterocycles. The zero-order valence-corrected chi connectivity index (χ0v) is 15.1. The summed E-state index contributed by atoms with van der Waals surface area (Å²) in [6.07, 6.45) is 14.1. The highest BCUT2D eigenvalue weighted by Gasteiger charge is 2.36. The molecule has 3 unspecified atom stereocenters. The predicted octanol–water partition coefficient (Wildman–Crippen LogP) is 3.75. The lowest BCUT2D eigenvalue weighted by Crippen LogP contribution is -2.37. The SMILES string of the molecule is CCOC(=O)CC1(O)CCCC(/C=C/C(O)CCC2CCCC2)C1. The smallest absolute Gasteiger partial charge is 0.308 e. The maximum Gasteiger partial charge on any atom is 0.308 e. The van der Waals surface area contributed by atoms with E-state index in [1.807, 2.05) is 6.08 Å². The Morgan fingerprint density at radius 3 is 2.75 bits per heavy atom. The zero-order valence-electron chi connectivity index (χ0n) is 15.1. The van der Waals surface area contributed by atoms with E-state index in [1.54, 1.807) is 6.92 Å². The lowest BCUT2D eigenvalue weighted by molar-refractivity contribution is -0.150. The third kappa shape index (κ3) is 6.56. The highest BCUT2D eigenvalue weighted by Crippen LogP contribution is 2.36. The molecule has 2 rings (SSSR count). The topological polar surface area (TPSA) is 66.8 Å². The molecule has 2 aliphatic rings. The van der Waals surface area contributed by atoms with Gasteiger partial charge in [-0.15, -0.1) is 0 Å². The minimum absolute atomic E-state index is 0.0788. The van der Waals surface area contributed by atoms with Crippen molar-refractivity contribution in [2.24, 2.45) is 11.8 Å². The molecular formula is C20H34O4. The Hall–Kier alpha value is -0.870. The maximum absolute atomic E-state index is 11.7. The summed E-state index contributed by atoms with van der Waals surface area (Å²) in [6, 6.07) is 0. The van der Waals surface area contributed by atoms with Crippen LogP contribution in [0, 0.1) is 11.8 Å². The molecule has 0 amide bonds. The van der Waals surface area contributed by atoms with Gasteiger partial charge in [-0.05, 0) is 57.3 Å². The van der Waals surface area contributed by atoms with Crippen molar-refractivity contribution in [2.45, 2.75) is 89.3 Å². The Morgan fingerprint density at radius 1 is 1.29 bits per heavy atom. The number of aliphatic hydroxyl groups excluding tert-OH is 1. The van der Waals surface area contributed by atoms with Crippen LogP contribution in [0.5, 0.6) is 0 Å². The van der Waals surface area contributed by atoms with E-state index < -0.39 is 5.60 Å². The monoisotopic (exact) mass is 338 g/mol. The fraction of sp³-hybridized carbons (Fsp3) is 0.850. The minimum atomic E-state index is -0.950. The summed E-state index contributed by atoms with van der Waals surface area (Å²) < 4.78 is 4.97. The largest absolute Gasteiger partial charge is 0.466 e. The number of hydrogen-bond acceptors (Lipinski definition) is 4. The van der Waals surface area contributed by atoms with E-state index in [1.165, 1.54) is 25.7 Å². The number of hydrogen-bond donors (Lipinski definition) is 2. The Kier molecular flexibility index (Phi) is 7.76. The Labute approximate surface area is 146 Å². The van der Waals surface area contributed by atoms with Crippen LogP contribution in [0.1, 0.15) is 77.6 Å². The highest BCUT2D eigenvalue weighted by atomic mass is 16.5. The van der Waals surface area contributed by atoms with Crippen LogP contribution >= 0.6 is 0 Å². The van der Waals surface area contributed by atoms with Crippen LogP contribution in [0.25, 0.3) is 0 Å². The van der Waals surface area contributed by atoms with Crippen molar-refractivity contribution in [3.63, 3.8) is 0 Å². The van der Waals surface area contributed by atoms with E-state index >= 15 is 0 Å². The van der Waals surface area contributed by atoms with Crippen LogP contribution in [0.4, 0.5) is 0 Å². The van der Waals surface area contributed by atoms with E-state index in [2.05, 4.69) is 6.08 Å². The first-order valence-corrected chi connectivity index (χ1v) is 9.75. The highest BCUT2D eigenvalue weighted by molar-refractivity contribution is 5.70. The van der Waals surface area contributed by atoms with Gasteiger partial charge in [0.25, 0.3) is 0 Å². The van der Waals surface area contributed by atoms with Gasteiger partial charge in [-0.3, -0.25) is 4.79 Å². The van der Waals surface area contributed by atoms with Gasteiger partial charge in [0.15, 0.2) is 0 Å². The number of allylic oxidation sites excluding steroid dienone is 1. The maximum atomic E-state index is 11.7. The van der Waals surface area contributed by atoms with Gasteiger partial charge in [0, 0.05) is 0 Å². The van der Waals surface area contributed by atoms with Crippen LogP contribution in [-0.2, 0) is 9.53 Å². The normalized spacial score (nSPS) is 29.9. The van der Waals surface area contributed by atoms with Gasteiger partial charge in [0.05, 0.1) is 24.7 Å². The quantitative estimate of drug-likeness (QED) is 0.522. The van der Waals surface area contributed by atoms with Crippen LogP contribution in [0.3, 0.4) is 0 Å². The van der Waals surface area contributed by atoms with Gasteiger partial charge in [0.1, 0.15) is 0 Å². The van der Waals surface area contributed by atoms with E-state index in [0.29, 0.717) is 19.4 Å². The van der Waals surface area contributed by atoms with Gasteiger partial charge in [0.2, 0.25) is 0 Å². The molecule has 24 heavy (non-hydrogen) atoms. The molecule has 2 fully saturated rings. The third-order valence-corrected chi connectivity index (χ3v) is 5.59. The van der Waals surface area contributed by atoms with Crippen LogP contribution in [0.15, 0.2) is 12.2 Å². The fourth-order valence-electron chi connectivity index (χ4n) is 4.28. The van der Waals surface area contributed by atoms with Crippen molar-refractivity contribution in [3.05, 3.63) is 12.2 Å². The van der Waals surface area contributed by atoms with Crippen LogP contribution in [-0.4, -0.2) is 34.5 Å². The molecule has 3 atom stereocenters. The van der Waals surface area contributed by atoms with Gasteiger partial charge in [-0.1, -0.05) is 37.8 Å². The second kappa shape index (κ2) is 9.57. The third-order valence-electron chi connectivity index (χ3n) is 5.59. The first kappa shape index (κ1) is 19.5. The van der Waals surface area contributed by atoms with Gasteiger partial charge in [-0.2, -0.15) is 0 Å². The molecular weight excluding hydrogens is 304 g/mol. The molecule has 0 aliphatic heterocycles. The summed E-state index contributed by atoms with van der Waals surface area (Å²) >= 11 is 0. The molecule has 0 aromatic carbocycles. The summed E-state index contributed by atoms with van der Waals surface area (Å²) in [4.78, 5) is 11.7. The predicted molar refractivity (Wildman–Crippen MR) is 94.5 cm³/mol. The van der Waals surface area contributed by atoms with Gasteiger partial charge >= 0.3 is 5.97 Å². The molecule has 0 spiro atoms. The van der Waals surface area contributed by atoms with Crippen molar-refractivity contribution in [2.75, 3.05) is 6.61 Å². The van der Waals surface area contributed by atoms with E-state index in [-0.39, 0.29) is 24.4 Å². The Balaban J connectivity index is 1.75. The molecule has 4 nitrogen and oxygen atoms in total. The van der Waals surface area contributed by atoms with E-state index in [0.717, 1.165) is 31.6 Å². The average molecular weight is 338 g/mol. The molecule has 0 bridgehead atoms. The van der Waals surface area contributed by atoms with Crippen molar-refractivity contribution < 1.29 is 19.7 Å². The Morgan fingerprint density at radius 2 is 2.04 bits per heavy atom. The summed E-state index contributed by atoms with van der Waals surface area (Å²) in [7, 11) is 0. The van der Waals surface area contributed by atoms with Crippen molar-refractivity contribution >= 4 is 5.97 Å². The number of esters is 1. The molecule has 2 saturated carbocycles. The number of rotatable bonds is 8. The average Bonchev–Trinajstić information content (AvgIpc) is 3.04. The molecule has 138 valence electrons. The molecule has 0 aromatic rings. The standard InChI is InChI=1S/C20H34O4/c1-2-24-19(22)15-20(23)13-5-8-17(14-20)10-12-18(21)11-9-16-6-3-4-7-16/h10,12,16-18,21,23H,2-9,11,13-15H2,1H3/b12-10+. The number of carbonyl (C=O) groups excluding carboxylic acids is 1. The molecule has 2 N–H and O–H groups in total. The molecule has 0 aromatic heterocycles. The lowest BCUT2D eigenvalue weighted by atomic mass is 9.76. The summed E-state index contributed by atoms with van der Waals surface area (Å²) in [6.45, 7) is 2.13. The van der Waals surface area contributed by atoms with Crippen molar-refractivity contribution in [3.8, 4) is 0 Å². The Bertz CT molecular complexity index is 414. The summed E-state index contributed by atoms with van der Waals surface area (Å²) in [5.41, 5.74) is -0.950. The lowest BCUT2D eigenvalue weighted by Gasteiger charge is -2.35. The first-order chi connectivity index (χ1) is 11.5. The van der Waals surface area contributed by atoms with Crippen molar-refractivity contribution in [1.29, 1.82) is 0 Å². The zero-order chi connectivity index (χ0) is 17.4. The van der Waals surface area contributed by atoms with Gasteiger partial charge in [-0.25, -0.2) is 0 Å². The first-order valence-electron chi connectivity index (χ1n) is 9.75. The molecule has 0 radical (unpaired) electrons.